The lowest BCUT2D eigenvalue weighted by Crippen LogP contribution is -3.14. The number of para-hydroxylation sites is 1. The number of nitrogens with zero attached hydrogens (tertiary/aromatic N) is 4. The van der Waals surface area contributed by atoms with Crippen molar-refractivity contribution in [2.24, 2.45) is 0 Å². The lowest BCUT2D eigenvalue weighted by Gasteiger charge is -2.31. The van der Waals surface area contributed by atoms with Crippen LogP contribution in [0.2, 0.25) is 0 Å². The van der Waals surface area contributed by atoms with Crippen LogP contribution in [0.4, 0.5) is 0 Å². The van der Waals surface area contributed by atoms with Crippen molar-refractivity contribution in [2.45, 2.75) is 6.92 Å². The highest BCUT2D eigenvalue weighted by molar-refractivity contribution is 7.21. The highest BCUT2D eigenvalue weighted by Crippen LogP contribution is 2.30. The number of thiazole rings is 1. The Morgan fingerprint density at radius 2 is 1.96 bits per heavy atom. The van der Waals surface area contributed by atoms with Gasteiger partial charge in [-0.05, 0) is 19.1 Å². The second-order valence-corrected chi connectivity index (χ2v) is 7.17. The molecule has 0 unspecified atom stereocenters. The van der Waals surface area contributed by atoms with E-state index in [9.17, 15) is 4.79 Å². The highest BCUT2D eigenvalue weighted by atomic mass is 32.1. The Kier molecular flexibility index (Phi) is 4.42. The molecule has 0 saturated carbocycles. The van der Waals surface area contributed by atoms with Gasteiger partial charge in [-0.3, -0.25) is 4.79 Å². The lowest BCUT2D eigenvalue weighted by molar-refractivity contribution is -0.902. The molecule has 6 nitrogen and oxygen atoms in total. The van der Waals surface area contributed by atoms with Crippen molar-refractivity contribution in [3.63, 3.8) is 0 Å². The Bertz CT molecular complexity index is 868. The molecule has 0 atom stereocenters. The molecule has 1 saturated heterocycles. The maximum atomic E-state index is 13.0. The largest absolute Gasteiger partial charge is 0.332 e. The number of fused-ring (bicyclic) bond motifs is 1. The standard InChI is InChI=1S/C18H19N5OS/c1-2-22-9-11-23(12-10-22)18(24)16-15(19-7-8-20-16)17-21-13-5-3-4-6-14(13)25-17/h3-8H,2,9-12H2,1H3/p+1. The van der Waals surface area contributed by atoms with Gasteiger partial charge in [0.1, 0.15) is 10.7 Å². The van der Waals surface area contributed by atoms with Gasteiger partial charge >= 0.3 is 0 Å². The van der Waals surface area contributed by atoms with Crippen LogP contribution in [0.15, 0.2) is 36.7 Å². The van der Waals surface area contributed by atoms with E-state index >= 15 is 0 Å². The number of aromatic nitrogens is 3. The van der Waals surface area contributed by atoms with Crippen LogP contribution in [0, 0.1) is 0 Å². The van der Waals surface area contributed by atoms with Gasteiger partial charge < -0.3 is 9.80 Å². The summed E-state index contributed by atoms with van der Waals surface area (Å²) >= 11 is 1.54. The Morgan fingerprint density at radius 3 is 2.72 bits per heavy atom. The smallest absolute Gasteiger partial charge is 0.275 e. The first-order valence-electron chi connectivity index (χ1n) is 8.56. The Hall–Kier alpha value is -2.38. The zero-order chi connectivity index (χ0) is 17.2. The van der Waals surface area contributed by atoms with Crippen molar-refractivity contribution in [1.82, 2.24) is 19.9 Å². The summed E-state index contributed by atoms with van der Waals surface area (Å²) in [4.78, 5) is 29.8. The molecule has 0 aliphatic carbocycles. The van der Waals surface area contributed by atoms with Crippen LogP contribution >= 0.6 is 11.3 Å². The molecule has 128 valence electrons. The summed E-state index contributed by atoms with van der Waals surface area (Å²) < 4.78 is 1.08. The number of piperazine rings is 1. The minimum absolute atomic E-state index is 0.0440. The number of hydrogen-bond acceptors (Lipinski definition) is 5. The molecule has 1 aliphatic heterocycles. The Morgan fingerprint density at radius 1 is 1.20 bits per heavy atom. The fourth-order valence-corrected chi connectivity index (χ4v) is 4.12. The summed E-state index contributed by atoms with van der Waals surface area (Å²) in [6.07, 6.45) is 3.20. The molecule has 7 heteroatoms. The fourth-order valence-electron chi connectivity index (χ4n) is 3.15. The Balaban J connectivity index is 1.66. The number of nitrogens with one attached hydrogen (secondary N) is 1. The molecular weight excluding hydrogens is 334 g/mol. The van der Waals surface area contributed by atoms with Crippen LogP contribution in [0.1, 0.15) is 17.4 Å². The van der Waals surface area contributed by atoms with Crippen LogP contribution in [-0.4, -0.2) is 58.5 Å². The SMILES string of the molecule is CC[NH+]1CCN(C(=O)c2nccnc2-c2nc3ccccc3s2)CC1. The van der Waals surface area contributed by atoms with E-state index in [1.165, 1.54) is 4.90 Å². The zero-order valence-electron chi connectivity index (χ0n) is 14.1. The van der Waals surface area contributed by atoms with Gasteiger partial charge in [0.05, 0.1) is 42.9 Å². The Labute approximate surface area is 150 Å². The van der Waals surface area contributed by atoms with Crippen molar-refractivity contribution in [3.05, 3.63) is 42.4 Å². The van der Waals surface area contributed by atoms with Crippen molar-refractivity contribution in [2.75, 3.05) is 32.7 Å². The number of amides is 1. The molecule has 1 aromatic carbocycles. The minimum atomic E-state index is -0.0440. The van der Waals surface area contributed by atoms with Gasteiger partial charge in [0.15, 0.2) is 5.69 Å². The molecule has 1 aliphatic rings. The third-order valence-electron chi connectivity index (χ3n) is 4.66. The molecule has 1 amide bonds. The van der Waals surface area contributed by atoms with E-state index in [2.05, 4.69) is 21.9 Å². The number of carbonyl (C=O) groups excluding carboxylic acids is 1. The third kappa shape index (κ3) is 3.12. The summed E-state index contributed by atoms with van der Waals surface area (Å²) in [6, 6.07) is 7.95. The van der Waals surface area contributed by atoms with Gasteiger partial charge in [-0.15, -0.1) is 11.3 Å². The number of quaternary nitrogens is 1. The maximum Gasteiger partial charge on any atom is 0.275 e. The normalized spacial score (nSPS) is 15.6. The van der Waals surface area contributed by atoms with Gasteiger partial charge in [0, 0.05) is 12.4 Å². The van der Waals surface area contributed by atoms with Crippen molar-refractivity contribution in [3.8, 4) is 10.7 Å². The molecule has 4 rings (SSSR count). The summed E-state index contributed by atoms with van der Waals surface area (Å²) in [6.45, 7) is 6.78. The number of hydrogen-bond donors (Lipinski definition) is 1. The first-order valence-corrected chi connectivity index (χ1v) is 9.37. The van der Waals surface area contributed by atoms with Crippen molar-refractivity contribution < 1.29 is 9.69 Å². The molecule has 0 bridgehead atoms. The molecule has 3 heterocycles. The predicted octanol–water partition coefficient (Wildman–Crippen LogP) is 1.11. The van der Waals surface area contributed by atoms with E-state index in [-0.39, 0.29) is 5.91 Å². The molecule has 2 aromatic heterocycles. The molecular formula is C18H20N5OS+. The minimum Gasteiger partial charge on any atom is -0.332 e. The van der Waals surface area contributed by atoms with Gasteiger partial charge in [-0.1, -0.05) is 12.1 Å². The van der Waals surface area contributed by atoms with Crippen LogP contribution in [0.3, 0.4) is 0 Å². The van der Waals surface area contributed by atoms with Crippen LogP contribution in [-0.2, 0) is 0 Å². The molecule has 0 radical (unpaired) electrons. The second kappa shape index (κ2) is 6.85. The summed E-state index contributed by atoms with van der Waals surface area (Å²) in [5, 5.41) is 0.746. The van der Waals surface area contributed by atoms with E-state index in [1.54, 1.807) is 23.7 Å². The summed E-state index contributed by atoms with van der Waals surface area (Å²) in [7, 11) is 0. The van der Waals surface area contributed by atoms with Gasteiger partial charge in [0.25, 0.3) is 5.91 Å². The maximum absolute atomic E-state index is 13.0. The van der Waals surface area contributed by atoms with E-state index in [4.69, 9.17) is 0 Å². The first-order chi connectivity index (χ1) is 12.3. The van der Waals surface area contributed by atoms with Crippen LogP contribution < -0.4 is 4.90 Å². The van der Waals surface area contributed by atoms with E-state index in [1.807, 2.05) is 29.2 Å². The van der Waals surface area contributed by atoms with Gasteiger partial charge in [0.2, 0.25) is 0 Å². The van der Waals surface area contributed by atoms with E-state index in [0.717, 1.165) is 47.9 Å². The number of carbonyl (C=O) groups is 1. The molecule has 1 N–H and O–H groups in total. The fraction of sp³-hybridized carbons (Fsp3) is 0.333. The third-order valence-corrected chi connectivity index (χ3v) is 5.70. The van der Waals surface area contributed by atoms with Gasteiger partial charge in [-0.25, -0.2) is 15.0 Å². The quantitative estimate of drug-likeness (QED) is 0.765. The number of benzene rings is 1. The number of likely N-dealkylation sites (N-methyl/N-ethyl adjacent to an activating group) is 1. The highest BCUT2D eigenvalue weighted by Gasteiger charge is 2.27. The lowest BCUT2D eigenvalue weighted by atomic mass is 10.2. The number of rotatable bonds is 3. The summed E-state index contributed by atoms with van der Waals surface area (Å²) in [5.74, 6) is -0.0440. The predicted molar refractivity (Wildman–Crippen MR) is 97.8 cm³/mol. The van der Waals surface area contributed by atoms with E-state index in [0.29, 0.717) is 11.4 Å². The van der Waals surface area contributed by atoms with Crippen molar-refractivity contribution in [1.29, 1.82) is 0 Å². The average molecular weight is 354 g/mol. The molecule has 0 spiro atoms. The van der Waals surface area contributed by atoms with Crippen molar-refractivity contribution >= 4 is 27.5 Å². The van der Waals surface area contributed by atoms with Crippen LogP contribution in [0.5, 0.6) is 0 Å². The molecule has 1 fully saturated rings. The molecule has 25 heavy (non-hydrogen) atoms. The summed E-state index contributed by atoms with van der Waals surface area (Å²) in [5.41, 5.74) is 1.91. The van der Waals surface area contributed by atoms with Crippen LogP contribution in [0.25, 0.3) is 20.9 Å². The average Bonchev–Trinajstić information content (AvgIpc) is 3.11. The van der Waals surface area contributed by atoms with Gasteiger partial charge in [-0.2, -0.15) is 0 Å². The molecule has 3 aromatic rings. The monoisotopic (exact) mass is 354 g/mol. The second-order valence-electron chi connectivity index (χ2n) is 6.14. The first kappa shape index (κ1) is 16.1. The van der Waals surface area contributed by atoms with E-state index < -0.39 is 0 Å². The topological polar surface area (TPSA) is 63.4 Å². The zero-order valence-corrected chi connectivity index (χ0v) is 14.9.